The Bertz CT molecular complexity index is 1020. The molecule has 1 aromatic heterocycles. The van der Waals surface area contributed by atoms with Gasteiger partial charge in [0.05, 0.1) is 5.75 Å². The van der Waals surface area contributed by atoms with Gasteiger partial charge in [0.25, 0.3) is 0 Å². The van der Waals surface area contributed by atoms with Crippen LogP contribution in [0.4, 0.5) is 5.69 Å². The van der Waals surface area contributed by atoms with Crippen molar-refractivity contribution >= 4 is 35.0 Å². The first-order valence-corrected chi connectivity index (χ1v) is 11.0. The Morgan fingerprint density at radius 2 is 1.90 bits per heavy atom. The molecule has 0 saturated carbocycles. The van der Waals surface area contributed by atoms with Crippen LogP contribution in [0.1, 0.15) is 36.8 Å². The van der Waals surface area contributed by atoms with E-state index in [1.165, 1.54) is 17.3 Å². The van der Waals surface area contributed by atoms with E-state index in [4.69, 9.17) is 16.3 Å². The molecular weight excluding hydrogens is 420 g/mol. The molecule has 6 nitrogen and oxygen atoms in total. The summed E-state index contributed by atoms with van der Waals surface area (Å²) < 4.78 is 7.98. The van der Waals surface area contributed by atoms with Gasteiger partial charge in [-0.25, -0.2) is 0 Å². The number of hydrogen-bond donors (Lipinski definition) is 1. The van der Waals surface area contributed by atoms with Crippen molar-refractivity contribution < 1.29 is 9.53 Å². The number of aromatic nitrogens is 3. The molecule has 30 heavy (non-hydrogen) atoms. The van der Waals surface area contributed by atoms with Gasteiger partial charge in [-0.2, -0.15) is 0 Å². The highest BCUT2D eigenvalue weighted by molar-refractivity contribution is 7.99. The summed E-state index contributed by atoms with van der Waals surface area (Å²) >= 11 is 7.22. The van der Waals surface area contributed by atoms with Gasteiger partial charge in [-0.3, -0.25) is 4.79 Å². The Morgan fingerprint density at radius 1 is 1.17 bits per heavy atom. The van der Waals surface area contributed by atoms with Gasteiger partial charge in [0.15, 0.2) is 11.0 Å². The van der Waals surface area contributed by atoms with Gasteiger partial charge < -0.3 is 14.6 Å². The number of hydrogen-bond acceptors (Lipinski definition) is 5. The van der Waals surface area contributed by atoms with Crippen LogP contribution in [0.25, 0.3) is 0 Å². The molecule has 0 atom stereocenters. The Hall–Kier alpha value is -2.51. The minimum atomic E-state index is -0.117. The van der Waals surface area contributed by atoms with E-state index in [-0.39, 0.29) is 17.7 Å². The maximum Gasteiger partial charge on any atom is 0.234 e. The second-order valence-corrected chi connectivity index (χ2v) is 8.64. The summed E-state index contributed by atoms with van der Waals surface area (Å²) in [4.78, 5) is 12.3. The molecular formula is C22H25ClN4O2S. The molecule has 1 N–H and O–H groups in total. The number of nitrogens with zero attached hydrogens (tertiary/aromatic N) is 3. The largest absolute Gasteiger partial charge is 0.485 e. The van der Waals surface area contributed by atoms with Crippen molar-refractivity contribution in [2.24, 2.45) is 0 Å². The third-order valence-electron chi connectivity index (χ3n) is 4.40. The van der Waals surface area contributed by atoms with E-state index in [0.29, 0.717) is 22.5 Å². The van der Waals surface area contributed by atoms with Crippen molar-refractivity contribution in [2.75, 3.05) is 11.1 Å². The van der Waals surface area contributed by atoms with Gasteiger partial charge in [-0.05, 0) is 63.6 Å². The molecule has 0 saturated heterocycles. The van der Waals surface area contributed by atoms with Crippen LogP contribution in [-0.2, 0) is 11.4 Å². The van der Waals surface area contributed by atoms with E-state index in [9.17, 15) is 4.79 Å². The maximum absolute atomic E-state index is 12.3. The van der Waals surface area contributed by atoms with Crippen LogP contribution in [-0.4, -0.2) is 26.4 Å². The van der Waals surface area contributed by atoms with Crippen molar-refractivity contribution in [3.8, 4) is 5.75 Å². The molecule has 0 aliphatic rings. The van der Waals surface area contributed by atoms with Gasteiger partial charge in [0.1, 0.15) is 12.4 Å². The summed E-state index contributed by atoms with van der Waals surface area (Å²) in [6, 6.07) is 13.2. The normalized spacial score (nSPS) is 11.0. The Morgan fingerprint density at radius 3 is 2.57 bits per heavy atom. The molecule has 0 aliphatic heterocycles. The number of benzene rings is 2. The number of rotatable bonds is 8. The monoisotopic (exact) mass is 444 g/mol. The smallest absolute Gasteiger partial charge is 0.234 e. The van der Waals surface area contributed by atoms with Gasteiger partial charge >= 0.3 is 0 Å². The number of thioether (sulfide) groups is 1. The number of carbonyl (C=O) groups is 1. The summed E-state index contributed by atoms with van der Waals surface area (Å²) in [5, 5.41) is 12.7. The van der Waals surface area contributed by atoms with Crippen LogP contribution in [0.5, 0.6) is 5.75 Å². The Balaban J connectivity index is 1.63. The third kappa shape index (κ3) is 5.77. The lowest BCUT2D eigenvalue weighted by Gasteiger charge is -2.15. The first-order chi connectivity index (χ1) is 14.3. The molecule has 1 amide bonds. The van der Waals surface area contributed by atoms with E-state index < -0.39 is 0 Å². The molecule has 0 unspecified atom stereocenters. The van der Waals surface area contributed by atoms with Crippen LogP contribution in [0.15, 0.2) is 47.6 Å². The predicted molar refractivity (Wildman–Crippen MR) is 121 cm³/mol. The van der Waals surface area contributed by atoms with Crippen LogP contribution < -0.4 is 10.1 Å². The Labute approximate surface area is 186 Å². The molecule has 3 aromatic rings. The van der Waals surface area contributed by atoms with Crippen LogP contribution >= 0.6 is 23.4 Å². The molecule has 3 rings (SSSR count). The SMILES string of the molecule is Cc1ccc(OCc2nnc(SCC(=O)Nc3ccc(Cl)cc3)n2C(C)C)c(C)c1. The lowest BCUT2D eigenvalue weighted by molar-refractivity contribution is -0.113. The lowest BCUT2D eigenvalue weighted by atomic mass is 10.1. The molecule has 1 heterocycles. The molecule has 0 spiro atoms. The maximum atomic E-state index is 12.3. The van der Waals surface area contributed by atoms with Crippen molar-refractivity contribution in [2.45, 2.75) is 45.5 Å². The van der Waals surface area contributed by atoms with Crippen LogP contribution in [0, 0.1) is 13.8 Å². The summed E-state index contributed by atoms with van der Waals surface area (Å²) in [6.07, 6.45) is 0. The molecule has 2 aromatic carbocycles. The summed E-state index contributed by atoms with van der Waals surface area (Å²) in [5.41, 5.74) is 2.98. The van der Waals surface area contributed by atoms with Crippen molar-refractivity contribution in [1.29, 1.82) is 0 Å². The summed E-state index contributed by atoms with van der Waals surface area (Å²) in [6.45, 7) is 8.51. The van der Waals surface area contributed by atoms with Gasteiger partial charge in [0.2, 0.25) is 5.91 Å². The number of amides is 1. The van der Waals surface area contributed by atoms with E-state index >= 15 is 0 Å². The van der Waals surface area contributed by atoms with Crippen LogP contribution in [0.3, 0.4) is 0 Å². The lowest BCUT2D eigenvalue weighted by Crippen LogP contribution is -2.15. The quantitative estimate of drug-likeness (QED) is 0.468. The highest BCUT2D eigenvalue weighted by Crippen LogP contribution is 2.24. The number of halogens is 1. The summed E-state index contributed by atoms with van der Waals surface area (Å²) in [7, 11) is 0. The third-order valence-corrected chi connectivity index (χ3v) is 5.59. The fraction of sp³-hybridized carbons (Fsp3) is 0.318. The summed E-state index contributed by atoms with van der Waals surface area (Å²) in [5.74, 6) is 1.67. The average molecular weight is 445 g/mol. The molecule has 0 radical (unpaired) electrons. The fourth-order valence-corrected chi connectivity index (χ4v) is 4.00. The van der Waals surface area contributed by atoms with Crippen LogP contribution in [0.2, 0.25) is 5.02 Å². The molecule has 0 bridgehead atoms. The number of ether oxygens (including phenoxy) is 1. The minimum absolute atomic E-state index is 0.117. The standard InChI is InChI=1S/C22H25ClN4O2S/c1-14(2)27-20(12-29-19-10-5-15(3)11-16(19)4)25-26-22(27)30-13-21(28)24-18-8-6-17(23)7-9-18/h5-11,14H,12-13H2,1-4H3,(H,24,28). The first kappa shape index (κ1) is 22.2. The number of aryl methyl sites for hydroxylation is 2. The Kier molecular flexibility index (Phi) is 7.39. The van der Waals surface area contributed by atoms with Gasteiger partial charge in [-0.15, -0.1) is 10.2 Å². The van der Waals surface area contributed by atoms with E-state index in [1.807, 2.05) is 23.6 Å². The zero-order valence-corrected chi connectivity index (χ0v) is 19.0. The van der Waals surface area contributed by atoms with Gasteiger partial charge in [-0.1, -0.05) is 41.1 Å². The molecule has 0 fully saturated rings. The van der Waals surface area contributed by atoms with E-state index in [1.54, 1.807) is 24.3 Å². The molecule has 158 valence electrons. The number of carbonyl (C=O) groups excluding carboxylic acids is 1. The predicted octanol–water partition coefficient (Wildman–Crippen LogP) is 5.44. The van der Waals surface area contributed by atoms with Crippen molar-refractivity contribution in [3.63, 3.8) is 0 Å². The highest BCUT2D eigenvalue weighted by atomic mass is 35.5. The zero-order valence-electron chi connectivity index (χ0n) is 17.5. The number of anilines is 1. The topological polar surface area (TPSA) is 69.0 Å². The molecule has 8 heteroatoms. The van der Waals surface area contributed by atoms with Gasteiger partial charge in [0, 0.05) is 16.8 Å². The average Bonchev–Trinajstić information content (AvgIpc) is 3.11. The number of nitrogens with one attached hydrogen (secondary N) is 1. The van der Waals surface area contributed by atoms with E-state index in [2.05, 4.69) is 42.4 Å². The van der Waals surface area contributed by atoms with E-state index in [0.717, 1.165) is 17.1 Å². The minimum Gasteiger partial charge on any atom is -0.485 e. The second kappa shape index (κ2) is 10.00. The zero-order chi connectivity index (χ0) is 21.7. The highest BCUT2D eigenvalue weighted by Gasteiger charge is 2.17. The first-order valence-electron chi connectivity index (χ1n) is 9.65. The molecule has 0 aliphatic carbocycles. The fourth-order valence-electron chi connectivity index (χ4n) is 2.99. The second-order valence-electron chi connectivity index (χ2n) is 7.26. The van der Waals surface area contributed by atoms with Crippen molar-refractivity contribution in [3.05, 3.63) is 64.4 Å². The van der Waals surface area contributed by atoms with Crippen molar-refractivity contribution in [1.82, 2.24) is 14.8 Å².